The third-order valence-corrected chi connectivity index (χ3v) is 3.91. The molecule has 1 amide bonds. The van der Waals surface area contributed by atoms with Gasteiger partial charge >= 0.3 is 6.18 Å². The molecule has 2 heterocycles. The van der Waals surface area contributed by atoms with E-state index < -0.39 is 30.2 Å². The second-order valence-electron chi connectivity index (χ2n) is 5.66. The van der Waals surface area contributed by atoms with Gasteiger partial charge in [-0.25, -0.2) is 4.98 Å². The summed E-state index contributed by atoms with van der Waals surface area (Å²) in [6.45, 7) is 0.501. The van der Waals surface area contributed by atoms with Gasteiger partial charge in [-0.3, -0.25) is 14.2 Å². The Labute approximate surface area is 129 Å². The van der Waals surface area contributed by atoms with Gasteiger partial charge in [0, 0.05) is 6.54 Å². The number of carbonyl (C=O) groups excluding carboxylic acids is 1. The summed E-state index contributed by atoms with van der Waals surface area (Å²) in [5.74, 6) is -0.696. The maximum Gasteiger partial charge on any atom is 0.406 e. The minimum atomic E-state index is -4.45. The van der Waals surface area contributed by atoms with Gasteiger partial charge in [0.05, 0.1) is 17.2 Å². The van der Waals surface area contributed by atoms with Crippen molar-refractivity contribution in [2.75, 3.05) is 13.1 Å². The van der Waals surface area contributed by atoms with Crippen LogP contribution < -0.4 is 5.56 Å². The Morgan fingerprint density at radius 3 is 2.74 bits per heavy atom. The Hall–Kier alpha value is -2.38. The third kappa shape index (κ3) is 2.93. The number of benzene rings is 1. The van der Waals surface area contributed by atoms with E-state index >= 15 is 0 Å². The number of amides is 1. The summed E-state index contributed by atoms with van der Waals surface area (Å²) in [6, 6.07) is 4.24. The Morgan fingerprint density at radius 2 is 2.04 bits per heavy atom. The van der Waals surface area contributed by atoms with Gasteiger partial charge < -0.3 is 4.90 Å². The van der Waals surface area contributed by atoms with E-state index in [-0.39, 0.29) is 13.0 Å². The molecule has 0 radical (unpaired) electrons. The van der Waals surface area contributed by atoms with Crippen LogP contribution in [0.2, 0.25) is 0 Å². The number of aromatic nitrogens is 2. The lowest BCUT2D eigenvalue weighted by molar-refractivity contribution is -0.158. The number of rotatable bonds is 2. The molecule has 2 aromatic rings. The molecule has 3 rings (SSSR count). The Morgan fingerprint density at radius 1 is 1.30 bits per heavy atom. The molecule has 0 unspecified atom stereocenters. The van der Waals surface area contributed by atoms with Crippen LogP contribution in [0.25, 0.3) is 10.9 Å². The minimum absolute atomic E-state index is 0.0265. The highest BCUT2D eigenvalue weighted by Gasteiger charge is 2.40. The molecule has 122 valence electrons. The van der Waals surface area contributed by atoms with E-state index in [0.717, 1.165) is 15.0 Å². The number of carbonyl (C=O) groups is 1. The molecule has 0 saturated carbocycles. The summed E-state index contributed by atoms with van der Waals surface area (Å²) >= 11 is 0. The predicted octanol–water partition coefficient (Wildman–Crippen LogP) is 2.04. The molecule has 0 aliphatic carbocycles. The van der Waals surface area contributed by atoms with Gasteiger partial charge in [-0.15, -0.1) is 0 Å². The van der Waals surface area contributed by atoms with E-state index in [2.05, 4.69) is 4.98 Å². The van der Waals surface area contributed by atoms with Gasteiger partial charge in [-0.2, -0.15) is 13.2 Å². The van der Waals surface area contributed by atoms with Crippen molar-refractivity contribution in [3.8, 4) is 0 Å². The summed E-state index contributed by atoms with van der Waals surface area (Å²) in [5.41, 5.74) is 0.950. The van der Waals surface area contributed by atoms with Crippen molar-refractivity contribution < 1.29 is 18.0 Å². The van der Waals surface area contributed by atoms with Crippen molar-refractivity contribution in [3.63, 3.8) is 0 Å². The first-order valence-electron chi connectivity index (χ1n) is 7.09. The van der Waals surface area contributed by atoms with Crippen LogP contribution >= 0.6 is 0 Å². The predicted molar refractivity (Wildman–Crippen MR) is 77.0 cm³/mol. The van der Waals surface area contributed by atoms with Crippen molar-refractivity contribution in [3.05, 3.63) is 40.4 Å². The number of aryl methyl sites for hydroxylation is 1. The summed E-state index contributed by atoms with van der Waals surface area (Å²) in [4.78, 5) is 29.6. The van der Waals surface area contributed by atoms with Crippen LogP contribution in [-0.4, -0.2) is 39.6 Å². The van der Waals surface area contributed by atoms with Gasteiger partial charge in [0.1, 0.15) is 12.6 Å². The van der Waals surface area contributed by atoms with E-state index in [1.165, 1.54) is 6.33 Å². The highest BCUT2D eigenvalue weighted by Crippen LogP contribution is 2.26. The monoisotopic (exact) mass is 325 g/mol. The van der Waals surface area contributed by atoms with Crippen LogP contribution in [0.3, 0.4) is 0 Å². The lowest BCUT2D eigenvalue weighted by Gasteiger charge is -2.19. The number of hydrogen-bond acceptors (Lipinski definition) is 3. The number of nitrogens with zero attached hydrogens (tertiary/aromatic N) is 3. The van der Waals surface area contributed by atoms with Crippen LogP contribution in [0.5, 0.6) is 0 Å². The zero-order valence-corrected chi connectivity index (χ0v) is 12.3. The van der Waals surface area contributed by atoms with Crippen LogP contribution in [-0.2, 0) is 4.79 Å². The van der Waals surface area contributed by atoms with Crippen LogP contribution in [0, 0.1) is 6.92 Å². The molecule has 1 aromatic heterocycles. The van der Waals surface area contributed by atoms with Crippen LogP contribution in [0.15, 0.2) is 29.3 Å². The lowest BCUT2D eigenvalue weighted by Crippen LogP contribution is -2.38. The van der Waals surface area contributed by atoms with E-state index in [1.54, 1.807) is 12.1 Å². The van der Waals surface area contributed by atoms with Crippen molar-refractivity contribution >= 4 is 16.8 Å². The average molecular weight is 325 g/mol. The summed E-state index contributed by atoms with van der Waals surface area (Å²) in [5, 5.41) is 0.356. The SMILES string of the molecule is Cc1ccc2ncn([C@@H]3CCN(CC(F)(F)F)C3=O)c(=O)c2c1. The van der Waals surface area contributed by atoms with Crippen molar-refractivity contribution in [1.29, 1.82) is 0 Å². The quantitative estimate of drug-likeness (QED) is 0.849. The number of alkyl halides is 3. The summed E-state index contributed by atoms with van der Waals surface area (Å²) < 4.78 is 38.5. The summed E-state index contributed by atoms with van der Waals surface area (Å²) in [6.07, 6.45) is -3.05. The minimum Gasteiger partial charge on any atom is -0.332 e. The largest absolute Gasteiger partial charge is 0.406 e. The van der Waals surface area contributed by atoms with E-state index in [4.69, 9.17) is 0 Å². The van der Waals surface area contributed by atoms with Gasteiger partial charge in [0.15, 0.2) is 0 Å². The molecule has 23 heavy (non-hydrogen) atoms. The first-order valence-corrected chi connectivity index (χ1v) is 7.09. The van der Waals surface area contributed by atoms with Gasteiger partial charge in [0.25, 0.3) is 5.56 Å². The first kappa shape index (κ1) is 15.5. The number of likely N-dealkylation sites (tertiary alicyclic amines) is 1. The standard InChI is InChI=1S/C15H14F3N3O2/c1-9-2-3-11-10(6-9)13(22)21(8-19-11)12-4-5-20(14(12)23)7-15(16,17)18/h2-3,6,8,12H,4-5,7H2,1H3/t12-/m1/s1. The number of hydrogen-bond donors (Lipinski definition) is 0. The van der Waals surface area contributed by atoms with Crippen LogP contribution in [0.4, 0.5) is 13.2 Å². The zero-order valence-electron chi connectivity index (χ0n) is 12.3. The molecule has 1 aliphatic rings. The second-order valence-corrected chi connectivity index (χ2v) is 5.66. The van der Waals surface area contributed by atoms with Crippen LogP contribution in [0.1, 0.15) is 18.0 Å². The van der Waals surface area contributed by atoms with Gasteiger partial charge in [-0.1, -0.05) is 11.6 Å². The Bertz CT molecular complexity index is 829. The Balaban J connectivity index is 1.97. The first-order chi connectivity index (χ1) is 10.8. The molecular formula is C15H14F3N3O2. The lowest BCUT2D eigenvalue weighted by atomic mass is 10.1. The maximum atomic E-state index is 12.5. The number of fused-ring (bicyclic) bond motifs is 1. The van der Waals surface area contributed by atoms with E-state index in [9.17, 15) is 22.8 Å². The highest BCUT2D eigenvalue weighted by atomic mass is 19.4. The highest BCUT2D eigenvalue weighted by molar-refractivity contribution is 5.83. The molecule has 5 nitrogen and oxygen atoms in total. The fourth-order valence-corrected chi connectivity index (χ4v) is 2.83. The average Bonchev–Trinajstić information content (AvgIpc) is 2.80. The summed E-state index contributed by atoms with van der Waals surface area (Å²) in [7, 11) is 0. The molecule has 1 aliphatic heterocycles. The fourth-order valence-electron chi connectivity index (χ4n) is 2.83. The Kier molecular flexibility index (Phi) is 3.62. The smallest absolute Gasteiger partial charge is 0.332 e. The van der Waals surface area contributed by atoms with E-state index in [1.807, 2.05) is 13.0 Å². The second kappa shape index (κ2) is 5.36. The van der Waals surface area contributed by atoms with Crippen molar-refractivity contribution in [1.82, 2.24) is 14.5 Å². The molecule has 8 heteroatoms. The zero-order chi connectivity index (χ0) is 16.8. The molecule has 0 N–H and O–H groups in total. The van der Waals surface area contributed by atoms with Gasteiger partial charge in [0.2, 0.25) is 5.91 Å². The molecular weight excluding hydrogens is 311 g/mol. The van der Waals surface area contributed by atoms with Crippen molar-refractivity contribution in [2.45, 2.75) is 25.6 Å². The molecule has 1 fully saturated rings. The molecule has 0 bridgehead atoms. The third-order valence-electron chi connectivity index (χ3n) is 3.91. The van der Waals surface area contributed by atoms with Crippen molar-refractivity contribution in [2.24, 2.45) is 0 Å². The molecule has 1 aromatic carbocycles. The fraction of sp³-hybridized carbons (Fsp3) is 0.400. The number of halogens is 3. The topological polar surface area (TPSA) is 55.2 Å². The molecule has 1 saturated heterocycles. The normalized spacial score (nSPS) is 18.9. The molecule has 1 atom stereocenters. The van der Waals surface area contributed by atoms with E-state index in [0.29, 0.717) is 10.9 Å². The molecule has 0 spiro atoms. The maximum absolute atomic E-state index is 12.5. The van der Waals surface area contributed by atoms with Gasteiger partial charge in [-0.05, 0) is 25.5 Å².